The molecule has 2 atom stereocenters. The molecule has 1 saturated heterocycles. The molecule has 3 heterocycles. The summed E-state index contributed by atoms with van der Waals surface area (Å²) in [4.78, 5) is 32.0. The third kappa shape index (κ3) is 2.53. The van der Waals surface area contributed by atoms with Crippen LogP contribution in [0.1, 0.15) is 19.6 Å². The number of carbonyl (C=O) groups excluding carboxylic acids is 1. The summed E-state index contributed by atoms with van der Waals surface area (Å²) < 4.78 is 13.5. The SMILES string of the molecule is C#CCn1c(=O)n(C2OCCC2OC(C)=O)c2nc(N)ncc21. The van der Waals surface area contributed by atoms with Crippen LogP contribution in [-0.2, 0) is 20.8 Å². The van der Waals surface area contributed by atoms with Gasteiger partial charge in [-0.25, -0.2) is 14.3 Å². The second-order valence-electron chi connectivity index (χ2n) is 5.08. The molecule has 0 aromatic carbocycles. The lowest BCUT2D eigenvalue weighted by Crippen LogP contribution is -2.33. The molecule has 2 aromatic rings. The van der Waals surface area contributed by atoms with Gasteiger partial charge in [-0.05, 0) is 0 Å². The molecule has 1 fully saturated rings. The molecule has 2 N–H and O–H groups in total. The number of nitrogens with two attached hydrogens (primary N) is 1. The highest BCUT2D eigenvalue weighted by molar-refractivity contribution is 5.72. The van der Waals surface area contributed by atoms with Gasteiger partial charge in [-0.1, -0.05) is 5.92 Å². The summed E-state index contributed by atoms with van der Waals surface area (Å²) in [5, 5.41) is 0. The summed E-state index contributed by atoms with van der Waals surface area (Å²) in [6.07, 6.45) is 5.89. The molecule has 0 radical (unpaired) electrons. The van der Waals surface area contributed by atoms with E-state index in [1.165, 1.54) is 22.3 Å². The Morgan fingerprint density at radius 1 is 1.65 bits per heavy atom. The molecule has 0 amide bonds. The number of anilines is 1. The lowest BCUT2D eigenvalue weighted by Gasteiger charge is -2.19. The van der Waals surface area contributed by atoms with E-state index in [-0.39, 0.29) is 12.5 Å². The normalized spacial score (nSPS) is 20.5. The van der Waals surface area contributed by atoms with Crippen molar-refractivity contribution < 1.29 is 14.3 Å². The Bertz CT molecular complexity index is 862. The zero-order valence-corrected chi connectivity index (χ0v) is 12.4. The molecule has 3 rings (SSSR count). The molecule has 2 aromatic heterocycles. The van der Waals surface area contributed by atoms with Crippen molar-refractivity contribution in [2.75, 3.05) is 12.3 Å². The number of ether oxygens (including phenoxy) is 2. The van der Waals surface area contributed by atoms with Crippen LogP contribution >= 0.6 is 0 Å². The van der Waals surface area contributed by atoms with Crippen molar-refractivity contribution in [2.24, 2.45) is 0 Å². The van der Waals surface area contributed by atoms with E-state index < -0.39 is 24.0 Å². The van der Waals surface area contributed by atoms with Crippen molar-refractivity contribution in [3.05, 3.63) is 16.7 Å². The highest BCUT2D eigenvalue weighted by atomic mass is 16.6. The van der Waals surface area contributed by atoms with Gasteiger partial charge in [0.05, 0.1) is 19.3 Å². The number of terminal acetylenes is 1. The molecule has 1 aliphatic rings. The molecular formula is C14H15N5O4. The van der Waals surface area contributed by atoms with Gasteiger partial charge in [-0.3, -0.25) is 9.36 Å². The maximum Gasteiger partial charge on any atom is 0.333 e. The predicted octanol–water partition coefficient (Wildman–Crippen LogP) is -0.341. The zero-order valence-electron chi connectivity index (χ0n) is 12.4. The van der Waals surface area contributed by atoms with Crippen LogP contribution in [-0.4, -0.2) is 37.8 Å². The number of hydrogen-bond acceptors (Lipinski definition) is 7. The number of nitrogen functional groups attached to an aromatic ring is 1. The number of esters is 1. The molecule has 9 nitrogen and oxygen atoms in total. The van der Waals surface area contributed by atoms with E-state index in [1.54, 1.807) is 0 Å². The lowest BCUT2D eigenvalue weighted by atomic mass is 10.2. The highest BCUT2D eigenvalue weighted by Crippen LogP contribution is 2.28. The lowest BCUT2D eigenvalue weighted by molar-refractivity contribution is -0.151. The number of carbonyl (C=O) groups is 1. The first kappa shape index (κ1) is 15.1. The van der Waals surface area contributed by atoms with Gasteiger partial charge in [0.25, 0.3) is 0 Å². The Labute approximate surface area is 131 Å². The van der Waals surface area contributed by atoms with E-state index in [9.17, 15) is 9.59 Å². The molecule has 0 saturated carbocycles. The summed E-state index contributed by atoms with van der Waals surface area (Å²) in [5.74, 6) is 1.99. The van der Waals surface area contributed by atoms with Gasteiger partial charge in [-0.2, -0.15) is 4.98 Å². The molecule has 120 valence electrons. The van der Waals surface area contributed by atoms with Gasteiger partial charge in [0, 0.05) is 13.3 Å². The predicted molar refractivity (Wildman–Crippen MR) is 80.2 cm³/mol. The third-order valence-corrected chi connectivity index (χ3v) is 3.55. The van der Waals surface area contributed by atoms with Gasteiger partial charge >= 0.3 is 11.7 Å². The molecule has 0 bridgehead atoms. The largest absolute Gasteiger partial charge is 0.458 e. The first-order valence-electron chi connectivity index (χ1n) is 6.98. The summed E-state index contributed by atoms with van der Waals surface area (Å²) in [5.41, 5.74) is 5.95. The van der Waals surface area contributed by atoms with Crippen molar-refractivity contribution in [3.8, 4) is 12.3 Å². The molecule has 0 aliphatic carbocycles. The standard InChI is InChI=1S/C14H15N5O4/c1-3-5-18-9-7-16-13(15)17-11(9)19(14(18)21)12-10(4-6-22-12)23-8(2)20/h1,7,10,12H,4-6H2,2H3,(H2,15,16,17). The van der Waals surface area contributed by atoms with E-state index in [0.29, 0.717) is 24.2 Å². The summed E-state index contributed by atoms with van der Waals surface area (Å²) in [7, 11) is 0. The van der Waals surface area contributed by atoms with Crippen molar-refractivity contribution in [1.29, 1.82) is 0 Å². The van der Waals surface area contributed by atoms with Gasteiger partial charge in [0.15, 0.2) is 11.9 Å². The average Bonchev–Trinajstić information content (AvgIpc) is 3.02. The van der Waals surface area contributed by atoms with E-state index in [0.717, 1.165) is 0 Å². The number of fused-ring (bicyclic) bond motifs is 1. The zero-order chi connectivity index (χ0) is 16.6. The van der Waals surface area contributed by atoms with Crippen LogP contribution in [0.4, 0.5) is 5.95 Å². The Morgan fingerprint density at radius 3 is 3.13 bits per heavy atom. The van der Waals surface area contributed by atoms with Crippen molar-refractivity contribution >= 4 is 23.1 Å². The second-order valence-corrected chi connectivity index (χ2v) is 5.08. The number of hydrogen-bond donors (Lipinski definition) is 1. The van der Waals surface area contributed by atoms with Crippen LogP contribution in [0.25, 0.3) is 11.2 Å². The van der Waals surface area contributed by atoms with Crippen LogP contribution in [0, 0.1) is 12.3 Å². The minimum atomic E-state index is -0.776. The maximum atomic E-state index is 12.7. The van der Waals surface area contributed by atoms with E-state index in [1.807, 2.05) is 0 Å². The fourth-order valence-corrected chi connectivity index (χ4v) is 2.67. The van der Waals surface area contributed by atoms with Crippen LogP contribution < -0.4 is 11.4 Å². The Hall–Kier alpha value is -2.86. The minimum absolute atomic E-state index is 0.0196. The van der Waals surface area contributed by atoms with Crippen molar-refractivity contribution in [1.82, 2.24) is 19.1 Å². The molecular weight excluding hydrogens is 302 g/mol. The van der Waals surface area contributed by atoms with Gasteiger partial charge in [0.1, 0.15) is 11.6 Å². The summed E-state index contributed by atoms with van der Waals surface area (Å²) in [6, 6.07) is 0. The highest BCUT2D eigenvalue weighted by Gasteiger charge is 2.36. The molecule has 9 heteroatoms. The quantitative estimate of drug-likeness (QED) is 0.608. The smallest absolute Gasteiger partial charge is 0.333 e. The Kier molecular flexibility index (Phi) is 3.75. The Balaban J connectivity index is 2.18. The first-order valence-corrected chi connectivity index (χ1v) is 6.98. The molecule has 1 aliphatic heterocycles. The third-order valence-electron chi connectivity index (χ3n) is 3.55. The average molecular weight is 317 g/mol. The van der Waals surface area contributed by atoms with E-state index in [2.05, 4.69) is 15.9 Å². The fraction of sp³-hybridized carbons (Fsp3) is 0.429. The van der Waals surface area contributed by atoms with E-state index in [4.69, 9.17) is 21.6 Å². The van der Waals surface area contributed by atoms with Gasteiger partial charge < -0.3 is 15.2 Å². The monoisotopic (exact) mass is 317 g/mol. The molecule has 23 heavy (non-hydrogen) atoms. The van der Waals surface area contributed by atoms with Crippen molar-refractivity contribution in [2.45, 2.75) is 32.2 Å². The van der Waals surface area contributed by atoms with Crippen LogP contribution in [0.3, 0.4) is 0 Å². The fourth-order valence-electron chi connectivity index (χ4n) is 2.67. The molecule has 0 spiro atoms. The van der Waals surface area contributed by atoms with Crippen molar-refractivity contribution in [3.63, 3.8) is 0 Å². The summed E-state index contributed by atoms with van der Waals surface area (Å²) in [6.45, 7) is 1.72. The number of rotatable bonds is 3. The second kappa shape index (κ2) is 5.73. The van der Waals surface area contributed by atoms with E-state index >= 15 is 0 Å². The number of imidazole rings is 1. The topological polar surface area (TPSA) is 114 Å². The molecule has 2 unspecified atom stereocenters. The first-order chi connectivity index (χ1) is 11.0. The van der Waals surface area contributed by atoms with Crippen LogP contribution in [0.2, 0.25) is 0 Å². The van der Waals surface area contributed by atoms with Crippen LogP contribution in [0.5, 0.6) is 0 Å². The maximum absolute atomic E-state index is 12.7. The number of nitrogens with zero attached hydrogens (tertiary/aromatic N) is 4. The van der Waals surface area contributed by atoms with Gasteiger partial charge in [0.2, 0.25) is 5.95 Å². The minimum Gasteiger partial charge on any atom is -0.458 e. The van der Waals surface area contributed by atoms with Gasteiger partial charge in [-0.15, -0.1) is 6.42 Å². The Morgan fingerprint density at radius 2 is 2.43 bits per heavy atom. The number of aromatic nitrogens is 4. The summed E-state index contributed by atoms with van der Waals surface area (Å²) >= 11 is 0. The van der Waals surface area contributed by atoms with Crippen LogP contribution in [0.15, 0.2) is 11.0 Å².